The number of ether oxygens (including phenoxy) is 1. The van der Waals surface area contributed by atoms with Crippen molar-refractivity contribution < 1.29 is 14.3 Å². The molecule has 1 atom stereocenters. The lowest BCUT2D eigenvalue weighted by Crippen LogP contribution is -2.50. The van der Waals surface area contributed by atoms with Crippen LogP contribution in [0.25, 0.3) is 0 Å². The van der Waals surface area contributed by atoms with E-state index in [-0.39, 0.29) is 31.0 Å². The summed E-state index contributed by atoms with van der Waals surface area (Å²) in [5.41, 5.74) is 1.70. The smallest absolute Gasteiger partial charge is 0.261 e. The first-order valence-electron chi connectivity index (χ1n) is 9.41. The lowest BCUT2D eigenvalue weighted by molar-refractivity contribution is -0.142. The zero-order valence-corrected chi connectivity index (χ0v) is 18.6. The van der Waals surface area contributed by atoms with E-state index in [2.05, 4.69) is 5.32 Å². The van der Waals surface area contributed by atoms with Gasteiger partial charge in [-0.05, 0) is 57.0 Å². The molecule has 0 aliphatic carbocycles. The molecule has 0 aliphatic rings. The fourth-order valence-corrected chi connectivity index (χ4v) is 3.08. The number of carbonyl (C=O) groups is 2. The summed E-state index contributed by atoms with van der Waals surface area (Å²) in [6.07, 6.45) is 0. The summed E-state index contributed by atoms with van der Waals surface area (Å²) in [4.78, 5) is 27.0. The van der Waals surface area contributed by atoms with E-state index in [1.165, 1.54) is 4.90 Å². The van der Waals surface area contributed by atoms with Gasteiger partial charge in [-0.2, -0.15) is 0 Å². The quantitative estimate of drug-likeness (QED) is 0.656. The van der Waals surface area contributed by atoms with Crippen molar-refractivity contribution in [2.24, 2.45) is 0 Å². The molecule has 0 heterocycles. The van der Waals surface area contributed by atoms with E-state index in [0.717, 1.165) is 11.1 Å². The fraction of sp³-hybridized carbons (Fsp3) is 0.364. The van der Waals surface area contributed by atoms with Crippen LogP contribution in [0.2, 0.25) is 10.0 Å². The van der Waals surface area contributed by atoms with E-state index in [4.69, 9.17) is 27.9 Å². The van der Waals surface area contributed by atoms with Crippen LogP contribution >= 0.6 is 23.2 Å². The molecule has 1 N–H and O–H groups in total. The van der Waals surface area contributed by atoms with E-state index in [1.807, 2.05) is 39.0 Å². The van der Waals surface area contributed by atoms with Crippen LogP contribution < -0.4 is 10.1 Å². The van der Waals surface area contributed by atoms with Gasteiger partial charge in [-0.15, -0.1) is 0 Å². The first-order chi connectivity index (χ1) is 13.7. The standard InChI is InChI=1S/C22H26Cl2N2O3/c1-14(2)25-22(28)16(4)26(12-17-9-10-18(23)19(24)11-17)21(27)13-29-20-8-6-5-7-15(20)3/h5-11,14,16H,12-13H2,1-4H3,(H,25,28)/t16-/m1/s1. The van der Waals surface area contributed by atoms with Crippen LogP contribution in [-0.2, 0) is 16.1 Å². The zero-order valence-electron chi connectivity index (χ0n) is 17.0. The van der Waals surface area contributed by atoms with Gasteiger partial charge in [0.1, 0.15) is 11.8 Å². The molecule has 0 bridgehead atoms. The molecule has 2 aromatic carbocycles. The van der Waals surface area contributed by atoms with Crippen LogP contribution in [0.3, 0.4) is 0 Å². The van der Waals surface area contributed by atoms with Gasteiger partial charge in [0.05, 0.1) is 10.0 Å². The topological polar surface area (TPSA) is 58.6 Å². The van der Waals surface area contributed by atoms with Gasteiger partial charge < -0.3 is 15.0 Å². The van der Waals surface area contributed by atoms with E-state index in [9.17, 15) is 9.59 Å². The normalized spacial score (nSPS) is 11.8. The van der Waals surface area contributed by atoms with E-state index in [0.29, 0.717) is 15.8 Å². The van der Waals surface area contributed by atoms with Crippen molar-refractivity contribution in [1.29, 1.82) is 0 Å². The third kappa shape index (κ3) is 6.65. The summed E-state index contributed by atoms with van der Waals surface area (Å²) in [5.74, 6) is 0.102. The number of hydrogen-bond donors (Lipinski definition) is 1. The third-order valence-electron chi connectivity index (χ3n) is 4.38. The van der Waals surface area contributed by atoms with Gasteiger partial charge in [0, 0.05) is 12.6 Å². The molecule has 0 aromatic heterocycles. The van der Waals surface area contributed by atoms with Crippen molar-refractivity contribution in [3.05, 3.63) is 63.6 Å². The summed E-state index contributed by atoms with van der Waals surface area (Å²) < 4.78 is 5.70. The molecule has 29 heavy (non-hydrogen) atoms. The number of amides is 2. The van der Waals surface area contributed by atoms with Crippen molar-refractivity contribution in [2.45, 2.75) is 46.3 Å². The number of halogens is 2. The molecule has 0 unspecified atom stereocenters. The molecule has 156 valence electrons. The van der Waals surface area contributed by atoms with Gasteiger partial charge in [-0.25, -0.2) is 0 Å². The average Bonchev–Trinajstić information content (AvgIpc) is 2.67. The fourth-order valence-electron chi connectivity index (χ4n) is 2.76. The maximum atomic E-state index is 13.0. The first-order valence-corrected chi connectivity index (χ1v) is 10.2. The molecule has 0 fully saturated rings. The Balaban J connectivity index is 2.20. The Kier molecular flexibility index (Phi) is 8.35. The Morgan fingerprint density at radius 2 is 1.76 bits per heavy atom. The maximum Gasteiger partial charge on any atom is 0.261 e. The Labute approximate surface area is 181 Å². The number of nitrogens with one attached hydrogen (secondary N) is 1. The molecule has 0 saturated carbocycles. The minimum atomic E-state index is -0.681. The molecule has 2 aromatic rings. The van der Waals surface area contributed by atoms with Gasteiger partial charge in [-0.1, -0.05) is 47.5 Å². The summed E-state index contributed by atoms with van der Waals surface area (Å²) >= 11 is 12.1. The molecule has 2 rings (SSSR count). The Morgan fingerprint density at radius 1 is 1.07 bits per heavy atom. The van der Waals surface area contributed by atoms with Crippen LogP contribution in [0, 0.1) is 6.92 Å². The molecule has 0 spiro atoms. The van der Waals surface area contributed by atoms with E-state index < -0.39 is 6.04 Å². The second-order valence-electron chi connectivity index (χ2n) is 7.16. The number of carbonyl (C=O) groups excluding carboxylic acids is 2. The van der Waals surface area contributed by atoms with E-state index in [1.54, 1.807) is 31.2 Å². The number of nitrogens with zero attached hydrogens (tertiary/aromatic N) is 1. The van der Waals surface area contributed by atoms with Crippen LogP contribution in [0.5, 0.6) is 5.75 Å². The second kappa shape index (κ2) is 10.5. The third-order valence-corrected chi connectivity index (χ3v) is 5.12. The highest BCUT2D eigenvalue weighted by molar-refractivity contribution is 6.42. The lowest BCUT2D eigenvalue weighted by atomic mass is 10.1. The summed E-state index contributed by atoms with van der Waals surface area (Å²) in [6, 6.07) is 11.9. The summed E-state index contributed by atoms with van der Waals surface area (Å²) in [6.45, 7) is 7.38. The second-order valence-corrected chi connectivity index (χ2v) is 7.98. The minimum absolute atomic E-state index is 0.0323. The van der Waals surface area contributed by atoms with Gasteiger partial charge in [-0.3, -0.25) is 9.59 Å². The largest absolute Gasteiger partial charge is 0.484 e. The predicted octanol–water partition coefficient (Wildman–Crippen LogP) is 4.62. The van der Waals surface area contributed by atoms with Crippen molar-refractivity contribution in [3.63, 3.8) is 0 Å². The number of hydrogen-bond acceptors (Lipinski definition) is 3. The van der Waals surface area contributed by atoms with Crippen molar-refractivity contribution in [2.75, 3.05) is 6.61 Å². The van der Waals surface area contributed by atoms with Crippen molar-refractivity contribution in [3.8, 4) is 5.75 Å². The Morgan fingerprint density at radius 3 is 2.38 bits per heavy atom. The zero-order chi connectivity index (χ0) is 21.6. The van der Waals surface area contributed by atoms with Gasteiger partial charge in [0.2, 0.25) is 5.91 Å². The van der Waals surface area contributed by atoms with Crippen molar-refractivity contribution in [1.82, 2.24) is 10.2 Å². The Hall–Kier alpha value is -2.24. The number of benzene rings is 2. The van der Waals surface area contributed by atoms with Crippen LogP contribution in [-0.4, -0.2) is 35.4 Å². The highest BCUT2D eigenvalue weighted by Crippen LogP contribution is 2.24. The SMILES string of the molecule is Cc1ccccc1OCC(=O)N(Cc1ccc(Cl)c(Cl)c1)[C@H](C)C(=O)NC(C)C. The summed E-state index contributed by atoms with van der Waals surface area (Å²) in [5, 5.41) is 3.67. The molecule has 5 nitrogen and oxygen atoms in total. The average molecular weight is 437 g/mol. The van der Waals surface area contributed by atoms with Gasteiger partial charge in [0.15, 0.2) is 6.61 Å². The molecule has 0 saturated heterocycles. The van der Waals surface area contributed by atoms with Crippen LogP contribution in [0.1, 0.15) is 31.9 Å². The monoisotopic (exact) mass is 436 g/mol. The lowest BCUT2D eigenvalue weighted by Gasteiger charge is -2.29. The molecule has 2 amide bonds. The maximum absolute atomic E-state index is 13.0. The predicted molar refractivity (Wildman–Crippen MR) is 116 cm³/mol. The molecular formula is C22H26Cl2N2O3. The molecule has 7 heteroatoms. The number of aryl methyl sites for hydroxylation is 1. The number of rotatable bonds is 8. The van der Waals surface area contributed by atoms with Crippen LogP contribution in [0.4, 0.5) is 0 Å². The highest BCUT2D eigenvalue weighted by Gasteiger charge is 2.27. The van der Waals surface area contributed by atoms with Crippen LogP contribution in [0.15, 0.2) is 42.5 Å². The minimum Gasteiger partial charge on any atom is -0.484 e. The molecule has 0 aliphatic heterocycles. The first kappa shape index (κ1) is 23.0. The van der Waals surface area contributed by atoms with E-state index >= 15 is 0 Å². The number of para-hydroxylation sites is 1. The molecule has 0 radical (unpaired) electrons. The van der Waals surface area contributed by atoms with Crippen molar-refractivity contribution >= 4 is 35.0 Å². The highest BCUT2D eigenvalue weighted by atomic mass is 35.5. The van der Waals surface area contributed by atoms with Gasteiger partial charge >= 0.3 is 0 Å². The molecular weight excluding hydrogens is 411 g/mol. The summed E-state index contributed by atoms with van der Waals surface area (Å²) in [7, 11) is 0. The Bertz CT molecular complexity index is 871. The van der Waals surface area contributed by atoms with Gasteiger partial charge in [0.25, 0.3) is 5.91 Å².